The minimum atomic E-state index is -1.79. The van der Waals surface area contributed by atoms with Gasteiger partial charge in [-0.15, -0.1) is 0 Å². The van der Waals surface area contributed by atoms with Crippen LogP contribution in [0.1, 0.15) is 361 Å². The topological polar surface area (TPSA) is 228 Å². The van der Waals surface area contributed by atoms with Crippen molar-refractivity contribution in [2.75, 3.05) is 19.8 Å². The van der Waals surface area contributed by atoms with Crippen molar-refractivity contribution in [3.05, 3.63) is 60.8 Å². The van der Waals surface area contributed by atoms with Crippen LogP contribution in [0.4, 0.5) is 0 Å². The van der Waals surface area contributed by atoms with Gasteiger partial charge in [-0.2, -0.15) is 0 Å². The van der Waals surface area contributed by atoms with Gasteiger partial charge in [0.05, 0.1) is 32.0 Å². The van der Waals surface area contributed by atoms with Crippen LogP contribution >= 0.6 is 0 Å². The minimum absolute atomic E-state index is 0.243. The largest absolute Gasteiger partial charge is 0.394 e. The van der Waals surface area contributed by atoms with E-state index < -0.39 is 86.8 Å². The standard InChI is InChI=1S/C82H151NO13/c1-3-5-7-9-11-13-15-17-19-21-23-25-27-29-30-31-32-33-34-35-36-37-38-39-40-42-44-46-48-50-52-54-56-58-60-62-64-66-74(87)83-70(69-93-81-79(92)77(90)80(73(68-85)95-81)96-82-78(91)76(89)75(88)72(67-84)94-82)71(86)65-63-61-59-57-55-53-51-49-47-45-43-41-28-26-24-22-20-18-16-14-12-10-8-6-4-2/h15,17,21,23,27,29,55,57,63,65,70-73,75-82,84-86,88-92H,3-14,16,18-20,22,24-26,28,30-54,56,58-62,64,66-69H2,1-2H3,(H,83,87)/b17-15-,23-21-,29-27-,57-55+,65-63+. The lowest BCUT2D eigenvalue weighted by Gasteiger charge is -2.46. The molecular weight excluding hydrogens is 1210 g/mol. The highest BCUT2D eigenvalue weighted by Crippen LogP contribution is 2.30. The van der Waals surface area contributed by atoms with E-state index in [9.17, 15) is 45.6 Å². The summed E-state index contributed by atoms with van der Waals surface area (Å²) in [6.07, 6.45) is 73.1. The van der Waals surface area contributed by atoms with Crippen molar-refractivity contribution in [2.24, 2.45) is 0 Å². The zero-order valence-corrected chi connectivity index (χ0v) is 61.6. The number of ether oxygens (including phenoxy) is 4. The van der Waals surface area contributed by atoms with Gasteiger partial charge >= 0.3 is 0 Å². The predicted octanol–water partition coefficient (Wildman–Crippen LogP) is 18.4. The molecule has 14 heteroatoms. The Bertz CT molecular complexity index is 1840. The summed E-state index contributed by atoms with van der Waals surface area (Å²) in [6.45, 7) is 2.82. The molecule has 0 bridgehead atoms. The second kappa shape index (κ2) is 66.0. The van der Waals surface area contributed by atoms with Crippen LogP contribution in [0, 0.1) is 0 Å². The van der Waals surface area contributed by atoms with Gasteiger partial charge in [0, 0.05) is 6.42 Å². The van der Waals surface area contributed by atoms with E-state index >= 15 is 0 Å². The van der Waals surface area contributed by atoms with Gasteiger partial charge in [0.15, 0.2) is 12.6 Å². The van der Waals surface area contributed by atoms with Crippen molar-refractivity contribution in [1.29, 1.82) is 0 Å². The molecule has 0 aromatic rings. The molecular formula is C82H151NO13. The fourth-order valence-corrected chi connectivity index (χ4v) is 13.3. The first-order chi connectivity index (χ1) is 47.1. The second-order valence-corrected chi connectivity index (χ2v) is 28.5. The van der Waals surface area contributed by atoms with Crippen molar-refractivity contribution in [1.82, 2.24) is 5.32 Å². The zero-order valence-electron chi connectivity index (χ0n) is 61.6. The maximum absolute atomic E-state index is 13.4. The third-order valence-electron chi connectivity index (χ3n) is 19.7. The van der Waals surface area contributed by atoms with Crippen LogP contribution in [0.25, 0.3) is 0 Å². The van der Waals surface area contributed by atoms with Crippen molar-refractivity contribution >= 4 is 5.91 Å². The Morgan fingerprint density at radius 2 is 0.698 bits per heavy atom. The summed E-state index contributed by atoms with van der Waals surface area (Å²) in [6, 6.07) is -0.934. The first-order valence-electron chi connectivity index (χ1n) is 40.5. The fourth-order valence-electron chi connectivity index (χ4n) is 13.3. The molecule has 562 valence electrons. The van der Waals surface area contributed by atoms with Crippen molar-refractivity contribution in [2.45, 2.75) is 434 Å². The van der Waals surface area contributed by atoms with Crippen molar-refractivity contribution < 1.29 is 64.6 Å². The van der Waals surface area contributed by atoms with Crippen LogP contribution in [0.5, 0.6) is 0 Å². The third-order valence-corrected chi connectivity index (χ3v) is 19.7. The molecule has 0 saturated carbocycles. The SMILES string of the molecule is CCCCCCC/C=C\C/C=C\C/C=C\CCCCCCCCCCCCCCCCCCCCCCCCC(=O)NC(COC1OC(CO)C(OC2OC(CO)C(O)C(O)C2O)C(O)C1O)C(O)/C=C/CC/C=C/CCCCCCCCCCCCCCCCCCCCC. The maximum atomic E-state index is 13.4. The average molecular weight is 1360 g/mol. The van der Waals surface area contributed by atoms with Crippen LogP contribution in [0.3, 0.4) is 0 Å². The van der Waals surface area contributed by atoms with Gasteiger partial charge in [-0.05, 0) is 70.6 Å². The summed E-state index contributed by atoms with van der Waals surface area (Å²) >= 11 is 0. The summed E-state index contributed by atoms with van der Waals surface area (Å²) in [5.74, 6) is -0.243. The van der Waals surface area contributed by atoms with Gasteiger partial charge < -0.3 is 65.1 Å². The number of allylic oxidation sites excluding steroid dienone is 9. The molecule has 2 fully saturated rings. The average Bonchev–Trinajstić information content (AvgIpc) is 0.857. The van der Waals surface area contributed by atoms with E-state index in [0.717, 1.165) is 44.9 Å². The Labute approximate surface area is 587 Å². The van der Waals surface area contributed by atoms with E-state index in [1.54, 1.807) is 6.08 Å². The Hall–Kier alpha value is -2.31. The van der Waals surface area contributed by atoms with Crippen molar-refractivity contribution in [3.63, 3.8) is 0 Å². The Morgan fingerprint density at radius 3 is 1.09 bits per heavy atom. The van der Waals surface area contributed by atoms with Gasteiger partial charge in [0.2, 0.25) is 5.91 Å². The molecule has 12 atom stereocenters. The number of aliphatic hydroxyl groups excluding tert-OH is 8. The monoisotopic (exact) mass is 1360 g/mol. The van der Waals surface area contributed by atoms with Gasteiger partial charge in [-0.25, -0.2) is 0 Å². The number of nitrogens with one attached hydrogen (secondary N) is 1. The summed E-state index contributed by atoms with van der Waals surface area (Å²) in [4.78, 5) is 13.4. The molecule has 12 unspecified atom stereocenters. The second-order valence-electron chi connectivity index (χ2n) is 28.5. The number of carbonyl (C=O) groups is 1. The number of amides is 1. The molecule has 0 spiro atoms. The lowest BCUT2D eigenvalue weighted by atomic mass is 9.97. The molecule has 2 heterocycles. The minimum Gasteiger partial charge on any atom is -0.394 e. The zero-order chi connectivity index (χ0) is 69.4. The number of carbonyl (C=O) groups excluding carboxylic acids is 1. The molecule has 1 amide bonds. The van der Waals surface area contributed by atoms with Crippen LogP contribution in [-0.2, 0) is 23.7 Å². The number of rotatable bonds is 68. The van der Waals surface area contributed by atoms with E-state index in [-0.39, 0.29) is 18.9 Å². The summed E-state index contributed by atoms with van der Waals surface area (Å²) in [7, 11) is 0. The predicted molar refractivity (Wildman–Crippen MR) is 397 cm³/mol. The van der Waals surface area contributed by atoms with E-state index in [1.807, 2.05) is 6.08 Å². The normalized spacial score (nSPS) is 22.5. The number of aliphatic hydroxyl groups is 8. The van der Waals surface area contributed by atoms with E-state index in [4.69, 9.17) is 18.9 Å². The Morgan fingerprint density at radius 1 is 0.375 bits per heavy atom. The van der Waals surface area contributed by atoms with Crippen LogP contribution in [0.2, 0.25) is 0 Å². The maximum Gasteiger partial charge on any atom is 0.220 e. The van der Waals surface area contributed by atoms with Crippen molar-refractivity contribution in [3.8, 4) is 0 Å². The fraction of sp³-hybridized carbons (Fsp3) is 0.866. The van der Waals surface area contributed by atoms with E-state index in [1.165, 1.54) is 283 Å². The number of hydrogen-bond acceptors (Lipinski definition) is 13. The molecule has 96 heavy (non-hydrogen) atoms. The molecule has 14 nitrogen and oxygen atoms in total. The Kier molecular flexibility index (Phi) is 61.7. The van der Waals surface area contributed by atoms with Crippen LogP contribution in [-0.4, -0.2) is 140 Å². The van der Waals surface area contributed by atoms with E-state index in [2.05, 4.69) is 67.8 Å². The molecule has 0 radical (unpaired) electrons. The molecule has 2 aliphatic rings. The van der Waals surface area contributed by atoms with E-state index in [0.29, 0.717) is 12.8 Å². The Balaban J connectivity index is 1.60. The smallest absolute Gasteiger partial charge is 0.220 e. The van der Waals surface area contributed by atoms with Gasteiger partial charge in [-0.1, -0.05) is 344 Å². The van der Waals surface area contributed by atoms with Crippen LogP contribution < -0.4 is 5.32 Å². The number of hydrogen-bond donors (Lipinski definition) is 9. The molecule has 9 N–H and O–H groups in total. The highest BCUT2D eigenvalue weighted by atomic mass is 16.7. The first kappa shape index (κ1) is 89.8. The lowest BCUT2D eigenvalue weighted by molar-refractivity contribution is -0.359. The third kappa shape index (κ3) is 48.5. The quantitative estimate of drug-likeness (QED) is 0.0204. The molecule has 0 aromatic heterocycles. The molecule has 2 rings (SSSR count). The summed E-state index contributed by atoms with van der Waals surface area (Å²) < 4.78 is 22.9. The highest BCUT2D eigenvalue weighted by molar-refractivity contribution is 5.76. The summed E-state index contributed by atoms with van der Waals surface area (Å²) in [5.41, 5.74) is 0. The molecule has 2 aliphatic heterocycles. The molecule has 2 saturated heterocycles. The highest BCUT2D eigenvalue weighted by Gasteiger charge is 2.51. The van der Waals surface area contributed by atoms with Gasteiger partial charge in [-0.3, -0.25) is 4.79 Å². The number of unbranched alkanes of at least 4 members (excludes halogenated alkanes) is 47. The van der Waals surface area contributed by atoms with Crippen LogP contribution in [0.15, 0.2) is 60.8 Å². The molecule has 0 aromatic carbocycles. The first-order valence-corrected chi connectivity index (χ1v) is 40.5. The van der Waals surface area contributed by atoms with Gasteiger partial charge in [0.25, 0.3) is 0 Å². The summed E-state index contributed by atoms with van der Waals surface area (Å²) in [5, 5.41) is 87.6. The van der Waals surface area contributed by atoms with Gasteiger partial charge in [0.1, 0.15) is 48.8 Å². The lowest BCUT2D eigenvalue weighted by Crippen LogP contribution is -2.65. The molecule has 0 aliphatic carbocycles.